The van der Waals surface area contributed by atoms with E-state index in [-0.39, 0.29) is 6.04 Å². The predicted octanol–water partition coefficient (Wildman–Crippen LogP) is 2.52. The van der Waals surface area contributed by atoms with Gasteiger partial charge < -0.3 is 9.84 Å². The number of nitrogens with one attached hydrogen (secondary N) is 1. The fourth-order valence-corrected chi connectivity index (χ4v) is 1.79. The molecule has 0 aliphatic carbocycles. The van der Waals surface area contributed by atoms with Crippen molar-refractivity contribution in [2.75, 3.05) is 7.11 Å². The lowest BCUT2D eigenvalue weighted by molar-refractivity contribution is -0.139. The number of rotatable bonds is 6. The third-order valence-corrected chi connectivity index (χ3v) is 3.06. The first-order chi connectivity index (χ1) is 8.49. The molecular weight excluding hydrogens is 230 g/mol. The number of aryl methyl sites for hydroxylation is 1. The second kappa shape index (κ2) is 6.40. The van der Waals surface area contributed by atoms with Gasteiger partial charge in [-0.3, -0.25) is 10.1 Å². The number of hydrogen-bond donors (Lipinski definition) is 2. The lowest BCUT2D eigenvalue weighted by Gasteiger charge is -2.20. The zero-order valence-electron chi connectivity index (χ0n) is 11.4. The van der Waals surface area contributed by atoms with Crippen LogP contribution in [0.4, 0.5) is 0 Å². The van der Waals surface area contributed by atoms with Gasteiger partial charge in [-0.15, -0.1) is 0 Å². The highest BCUT2D eigenvalue weighted by atomic mass is 16.5. The first kappa shape index (κ1) is 14.5. The van der Waals surface area contributed by atoms with Gasteiger partial charge in [0.2, 0.25) is 0 Å². The molecule has 0 amide bonds. The van der Waals surface area contributed by atoms with Gasteiger partial charge in [0.25, 0.3) is 0 Å². The molecule has 0 bridgehead atoms. The van der Waals surface area contributed by atoms with E-state index in [0.717, 1.165) is 23.3 Å². The number of carboxylic acid groups (broad SMARTS) is 1. The molecule has 0 aliphatic rings. The molecule has 4 heteroatoms. The minimum absolute atomic E-state index is 0.161. The van der Waals surface area contributed by atoms with Crippen LogP contribution >= 0.6 is 0 Å². The predicted molar refractivity (Wildman–Crippen MR) is 71.0 cm³/mol. The summed E-state index contributed by atoms with van der Waals surface area (Å²) in [6.07, 6.45) is 0.888. The average Bonchev–Trinajstić information content (AvgIpc) is 2.35. The number of hydrogen-bond acceptors (Lipinski definition) is 3. The van der Waals surface area contributed by atoms with Crippen LogP contribution in [-0.2, 0) is 4.79 Å². The van der Waals surface area contributed by atoms with Gasteiger partial charge in [0, 0.05) is 6.04 Å². The SMILES string of the molecule is CCC(C)NC(C(=O)O)c1ccc(OC)c(C)c1. The molecule has 1 rings (SSSR count). The summed E-state index contributed by atoms with van der Waals surface area (Å²) in [7, 11) is 1.61. The van der Waals surface area contributed by atoms with Crippen LogP contribution in [0.5, 0.6) is 5.75 Å². The van der Waals surface area contributed by atoms with Crippen molar-refractivity contribution in [1.29, 1.82) is 0 Å². The Kier molecular flexibility index (Phi) is 5.16. The Morgan fingerprint density at radius 2 is 2.17 bits per heavy atom. The fourth-order valence-electron chi connectivity index (χ4n) is 1.79. The summed E-state index contributed by atoms with van der Waals surface area (Å²) < 4.78 is 5.17. The highest BCUT2D eigenvalue weighted by molar-refractivity contribution is 5.75. The van der Waals surface area contributed by atoms with Gasteiger partial charge in [-0.2, -0.15) is 0 Å². The lowest BCUT2D eigenvalue weighted by atomic mass is 10.0. The van der Waals surface area contributed by atoms with E-state index in [9.17, 15) is 9.90 Å². The van der Waals surface area contributed by atoms with Crippen LogP contribution in [0.1, 0.15) is 37.4 Å². The van der Waals surface area contributed by atoms with Gasteiger partial charge in [0.1, 0.15) is 11.8 Å². The highest BCUT2D eigenvalue weighted by Gasteiger charge is 2.21. The van der Waals surface area contributed by atoms with Crippen LogP contribution in [-0.4, -0.2) is 24.2 Å². The van der Waals surface area contributed by atoms with Crippen LogP contribution in [0.15, 0.2) is 18.2 Å². The molecule has 2 unspecified atom stereocenters. The molecule has 18 heavy (non-hydrogen) atoms. The van der Waals surface area contributed by atoms with E-state index in [1.165, 1.54) is 0 Å². The monoisotopic (exact) mass is 251 g/mol. The minimum atomic E-state index is -0.861. The van der Waals surface area contributed by atoms with Gasteiger partial charge in [-0.25, -0.2) is 0 Å². The third kappa shape index (κ3) is 3.47. The Morgan fingerprint density at radius 1 is 1.50 bits per heavy atom. The molecule has 1 aromatic rings. The molecule has 0 heterocycles. The molecule has 1 aromatic carbocycles. The number of aliphatic carboxylic acids is 1. The summed E-state index contributed by atoms with van der Waals surface area (Å²) in [5.41, 5.74) is 1.69. The molecule has 100 valence electrons. The molecule has 2 atom stereocenters. The number of carbonyl (C=O) groups is 1. The maximum Gasteiger partial charge on any atom is 0.325 e. The van der Waals surface area contributed by atoms with Crippen molar-refractivity contribution >= 4 is 5.97 Å². The summed E-state index contributed by atoms with van der Waals surface area (Å²) in [6, 6.07) is 4.93. The molecule has 0 radical (unpaired) electrons. The maximum absolute atomic E-state index is 11.3. The van der Waals surface area contributed by atoms with E-state index in [0.29, 0.717) is 0 Å². The van der Waals surface area contributed by atoms with E-state index in [2.05, 4.69) is 5.32 Å². The third-order valence-electron chi connectivity index (χ3n) is 3.06. The molecule has 0 spiro atoms. The zero-order chi connectivity index (χ0) is 13.7. The minimum Gasteiger partial charge on any atom is -0.496 e. The van der Waals surface area contributed by atoms with Crippen LogP contribution in [0, 0.1) is 6.92 Å². The second-order valence-electron chi connectivity index (χ2n) is 4.48. The largest absolute Gasteiger partial charge is 0.496 e. The van der Waals surface area contributed by atoms with Crippen molar-refractivity contribution in [3.05, 3.63) is 29.3 Å². The van der Waals surface area contributed by atoms with Crippen LogP contribution in [0.25, 0.3) is 0 Å². The van der Waals surface area contributed by atoms with Crippen molar-refractivity contribution in [1.82, 2.24) is 5.32 Å². The average molecular weight is 251 g/mol. The lowest BCUT2D eigenvalue weighted by Crippen LogP contribution is -2.35. The van der Waals surface area contributed by atoms with E-state index >= 15 is 0 Å². The Hall–Kier alpha value is -1.55. The first-order valence-electron chi connectivity index (χ1n) is 6.13. The number of carboxylic acids is 1. The van der Waals surface area contributed by atoms with Crippen molar-refractivity contribution < 1.29 is 14.6 Å². The highest BCUT2D eigenvalue weighted by Crippen LogP contribution is 2.23. The van der Waals surface area contributed by atoms with Gasteiger partial charge in [-0.05, 0) is 37.5 Å². The summed E-state index contributed by atoms with van der Waals surface area (Å²) in [4.78, 5) is 11.3. The Bertz CT molecular complexity index is 418. The van der Waals surface area contributed by atoms with Crippen LogP contribution < -0.4 is 10.1 Å². The molecule has 0 saturated carbocycles. The molecule has 2 N–H and O–H groups in total. The standard InChI is InChI=1S/C14H21NO3/c1-5-10(3)15-13(14(16)17)11-6-7-12(18-4)9(2)8-11/h6-8,10,13,15H,5H2,1-4H3,(H,16,17). The fraction of sp³-hybridized carbons (Fsp3) is 0.500. The summed E-state index contributed by atoms with van der Waals surface area (Å²) in [5, 5.41) is 12.4. The van der Waals surface area contributed by atoms with Crippen molar-refractivity contribution in [3.63, 3.8) is 0 Å². The Labute approximate surface area is 108 Å². The molecule has 0 fully saturated rings. The van der Waals surface area contributed by atoms with E-state index in [1.807, 2.05) is 26.8 Å². The molecular formula is C14H21NO3. The normalized spacial score (nSPS) is 14.0. The topological polar surface area (TPSA) is 58.6 Å². The number of benzene rings is 1. The van der Waals surface area contributed by atoms with E-state index in [1.54, 1.807) is 19.2 Å². The first-order valence-corrected chi connectivity index (χ1v) is 6.13. The van der Waals surface area contributed by atoms with E-state index in [4.69, 9.17) is 4.74 Å². The smallest absolute Gasteiger partial charge is 0.325 e. The Balaban J connectivity index is 2.99. The van der Waals surface area contributed by atoms with Crippen LogP contribution in [0.2, 0.25) is 0 Å². The van der Waals surface area contributed by atoms with Gasteiger partial charge in [-0.1, -0.05) is 19.1 Å². The van der Waals surface area contributed by atoms with Gasteiger partial charge >= 0.3 is 5.97 Å². The van der Waals surface area contributed by atoms with Crippen molar-refractivity contribution in [3.8, 4) is 5.75 Å². The molecule has 0 aromatic heterocycles. The van der Waals surface area contributed by atoms with Crippen molar-refractivity contribution in [2.24, 2.45) is 0 Å². The maximum atomic E-state index is 11.3. The number of methoxy groups -OCH3 is 1. The quantitative estimate of drug-likeness (QED) is 0.815. The Morgan fingerprint density at radius 3 is 2.61 bits per heavy atom. The summed E-state index contributed by atoms with van der Waals surface area (Å²) in [6.45, 7) is 5.91. The molecule has 0 aliphatic heterocycles. The molecule has 0 saturated heterocycles. The van der Waals surface area contributed by atoms with E-state index < -0.39 is 12.0 Å². The molecule has 4 nitrogen and oxygen atoms in total. The van der Waals surface area contributed by atoms with Gasteiger partial charge in [0.15, 0.2) is 0 Å². The summed E-state index contributed by atoms with van der Waals surface area (Å²) in [5.74, 6) is -0.0914. The van der Waals surface area contributed by atoms with Crippen LogP contribution in [0.3, 0.4) is 0 Å². The second-order valence-corrected chi connectivity index (χ2v) is 4.48. The summed E-state index contributed by atoms with van der Waals surface area (Å²) >= 11 is 0. The number of ether oxygens (including phenoxy) is 1. The zero-order valence-corrected chi connectivity index (χ0v) is 11.4. The van der Waals surface area contributed by atoms with Gasteiger partial charge in [0.05, 0.1) is 7.11 Å². The van der Waals surface area contributed by atoms with Crippen molar-refractivity contribution in [2.45, 2.75) is 39.3 Å².